The summed E-state index contributed by atoms with van der Waals surface area (Å²) in [6.07, 6.45) is 8.69. The molecule has 5 heteroatoms. The highest BCUT2D eigenvalue weighted by Crippen LogP contribution is 2.38. The van der Waals surface area contributed by atoms with E-state index in [0.29, 0.717) is 5.71 Å². The van der Waals surface area contributed by atoms with Gasteiger partial charge in [0.2, 0.25) is 0 Å². The van der Waals surface area contributed by atoms with Crippen LogP contribution < -0.4 is 0 Å². The van der Waals surface area contributed by atoms with Crippen LogP contribution in [0.1, 0.15) is 55.3 Å². The number of aromatic nitrogens is 1. The summed E-state index contributed by atoms with van der Waals surface area (Å²) in [6.45, 7) is 0. The van der Waals surface area contributed by atoms with Crippen LogP contribution in [0, 0.1) is 5.92 Å². The molecule has 1 aliphatic heterocycles. The minimum atomic E-state index is 0.195. The largest absolute Gasteiger partial charge is 0.494 e. The summed E-state index contributed by atoms with van der Waals surface area (Å²) >= 11 is 0. The number of hydrogen-bond acceptors (Lipinski definition) is 4. The van der Waals surface area contributed by atoms with Crippen molar-refractivity contribution >= 4 is 11.4 Å². The number of rotatable bonds is 1. The first-order chi connectivity index (χ1) is 10.3. The molecule has 112 valence electrons. The molecule has 0 spiro atoms. The van der Waals surface area contributed by atoms with E-state index in [2.05, 4.69) is 10.1 Å². The van der Waals surface area contributed by atoms with Crippen molar-refractivity contribution in [2.75, 3.05) is 0 Å². The van der Waals surface area contributed by atoms with E-state index < -0.39 is 0 Å². The minimum Gasteiger partial charge on any atom is -0.494 e. The molecule has 3 aliphatic rings. The quantitative estimate of drug-likeness (QED) is 0.548. The van der Waals surface area contributed by atoms with Gasteiger partial charge in [-0.25, -0.2) is 0 Å². The Labute approximate surface area is 123 Å². The van der Waals surface area contributed by atoms with Crippen LogP contribution in [-0.2, 0) is 12.8 Å². The van der Waals surface area contributed by atoms with E-state index in [9.17, 15) is 10.3 Å². The van der Waals surface area contributed by atoms with Crippen molar-refractivity contribution in [2.24, 2.45) is 16.1 Å². The molecule has 1 fully saturated rings. The molecule has 0 radical (unpaired) electrons. The topological polar surface area (TPSA) is 81.0 Å². The number of oxime groups is 1. The Kier molecular flexibility index (Phi) is 3.01. The molecule has 1 saturated carbocycles. The molecular weight excluding hydrogens is 266 g/mol. The molecule has 0 aromatic carbocycles. The van der Waals surface area contributed by atoms with Gasteiger partial charge in [0.15, 0.2) is 5.88 Å². The third-order valence-electron chi connectivity index (χ3n) is 5.24. The number of H-pyrrole nitrogens is 1. The normalized spacial score (nSPS) is 30.1. The second kappa shape index (κ2) is 4.90. The van der Waals surface area contributed by atoms with Crippen molar-refractivity contribution in [3.05, 3.63) is 16.8 Å². The second-order valence-corrected chi connectivity index (χ2v) is 6.43. The van der Waals surface area contributed by atoms with Crippen LogP contribution in [0.25, 0.3) is 0 Å². The SMILES string of the molecule is O/N=C1/C(c2c(O)[nH]c3c2CCCC3)=NC2CCCCC12. The molecule has 2 unspecified atom stereocenters. The number of fused-ring (bicyclic) bond motifs is 2. The molecule has 3 N–H and O–H groups in total. The predicted octanol–water partition coefficient (Wildman–Crippen LogP) is 2.79. The number of aromatic amines is 1. The first-order valence-electron chi connectivity index (χ1n) is 8.02. The van der Waals surface area contributed by atoms with Gasteiger partial charge in [0.05, 0.1) is 17.3 Å². The molecule has 2 atom stereocenters. The van der Waals surface area contributed by atoms with E-state index >= 15 is 0 Å². The zero-order valence-corrected chi connectivity index (χ0v) is 12.1. The van der Waals surface area contributed by atoms with Gasteiger partial charge in [0.25, 0.3) is 0 Å². The van der Waals surface area contributed by atoms with Gasteiger partial charge in [0.1, 0.15) is 5.71 Å². The molecule has 2 aliphatic carbocycles. The third-order valence-corrected chi connectivity index (χ3v) is 5.24. The smallest absolute Gasteiger partial charge is 0.198 e. The van der Waals surface area contributed by atoms with Gasteiger partial charge in [0, 0.05) is 11.6 Å². The summed E-state index contributed by atoms with van der Waals surface area (Å²) in [5.41, 5.74) is 4.52. The lowest BCUT2D eigenvalue weighted by Gasteiger charge is -2.22. The number of hydrogen-bond donors (Lipinski definition) is 3. The first-order valence-corrected chi connectivity index (χ1v) is 8.02. The third kappa shape index (κ3) is 1.90. The summed E-state index contributed by atoms with van der Waals surface area (Å²) in [4.78, 5) is 7.93. The molecule has 0 saturated heterocycles. The van der Waals surface area contributed by atoms with E-state index in [4.69, 9.17) is 4.99 Å². The molecule has 21 heavy (non-hydrogen) atoms. The Morgan fingerprint density at radius 3 is 2.76 bits per heavy atom. The Hall–Kier alpha value is -1.78. The highest BCUT2D eigenvalue weighted by molar-refractivity contribution is 6.51. The number of nitrogens with one attached hydrogen (secondary N) is 1. The maximum Gasteiger partial charge on any atom is 0.198 e. The van der Waals surface area contributed by atoms with Gasteiger partial charge in [-0.1, -0.05) is 18.0 Å². The molecule has 0 bridgehead atoms. The maximum atomic E-state index is 10.3. The number of aryl methyl sites for hydroxylation is 1. The van der Waals surface area contributed by atoms with Crippen molar-refractivity contribution in [1.82, 2.24) is 4.98 Å². The van der Waals surface area contributed by atoms with Crippen LogP contribution in [0.4, 0.5) is 0 Å². The van der Waals surface area contributed by atoms with Crippen molar-refractivity contribution in [3.63, 3.8) is 0 Å². The zero-order chi connectivity index (χ0) is 14.4. The highest BCUT2D eigenvalue weighted by Gasteiger charge is 2.40. The average molecular weight is 287 g/mol. The van der Waals surface area contributed by atoms with E-state index in [0.717, 1.165) is 55.5 Å². The van der Waals surface area contributed by atoms with Crippen LogP contribution >= 0.6 is 0 Å². The van der Waals surface area contributed by atoms with E-state index in [1.165, 1.54) is 18.4 Å². The molecule has 1 aromatic rings. The lowest BCUT2D eigenvalue weighted by molar-refractivity contribution is 0.310. The minimum absolute atomic E-state index is 0.195. The molecule has 4 rings (SSSR count). The fraction of sp³-hybridized carbons (Fsp3) is 0.625. The molecule has 0 amide bonds. The van der Waals surface area contributed by atoms with Crippen LogP contribution in [0.2, 0.25) is 0 Å². The Morgan fingerprint density at radius 2 is 1.90 bits per heavy atom. The Morgan fingerprint density at radius 1 is 1.10 bits per heavy atom. The van der Waals surface area contributed by atoms with Gasteiger partial charge in [-0.15, -0.1) is 0 Å². The Balaban J connectivity index is 1.81. The zero-order valence-electron chi connectivity index (χ0n) is 12.1. The standard InChI is InChI=1S/C16H21N3O2/c20-16-13(9-5-1-3-7-11(9)18-16)15-14(19-21)10-6-2-4-8-12(10)17-15/h10,12,18,20-21H,1-8H2/b19-14+. The predicted molar refractivity (Wildman–Crippen MR) is 80.6 cm³/mol. The van der Waals surface area contributed by atoms with Gasteiger partial charge in [-0.2, -0.15) is 0 Å². The summed E-state index contributed by atoms with van der Waals surface area (Å²) in [6, 6.07) is 0.230. The number of aromatic hydroxyl groups is 1. The molecule has 2 heterocycles. The fourth-order valence-corrected chi connectivity index (χ4v) is 4.23. The van der Waals surface area contributed by atoms with Crippen molar-refractivity contribution in [1.29, 1.82) is 0 Å². The molecule has 5 nitrogen and oxygen atoms in total. The molecule has 1 aromatic heterocycles. The van der Waals surface area contributed by atoms with Gasteiger partial charge in [-0.05, 0) is 44.1 Å². The summed E-state index contributed by atoms with van der Waals surface area (Å²) in [7, 11) is 0. The van der Waals surface area contributed by atoms with E-state index in [1.807, 2.05) is 0 Å². The monoisotopic (exact) mass is 287 g/mol. The van der Waals surface area contributed by atoms with Crippen molar-refractivity contribution in [2.45, 2.75) is 57.4 Å². The van der Waals surface area contributed by atoms with Crippen molar-refractivity contribution in [3.8, 4) is 5.88 Å². The fourth-order valence-electron chi connectivity index (χ4n) is 4.23. The maximum absolute atomic E-state index is 10.3. The first kappa shape index (κ1) is 12.9. The summed E-state index contributed by atoms with van der Waals surface area (Å²) < 4.78 is 0. The van der Waals surface area contributed by atoms with Crippen molar-refractivity contribution < 1.29 is 10.3 Å². The lowest BCUT2D eigenvalue weighted by atomic mass is 9.82. The Bertz CT molecular complexity index is 630. The van der Waals surface area contributed by atoms with Crippen LogP contribution in [-0.4, -0.2) is 32.8 Å². The van der Waals surface area contributed by atoms with E-state index in [-0.39, 0.29) is 17.8 Å². The summed E-state index contributed by atoms with van der Waals surface area (Å²) in [5.74, 6) is 0.424. The van der Waals surface area contributed by atoms with Crippen LogP contribution in [0.15, 0.2) is 10.1 Å². The van der Waals surface area contributed by atoms with Gasteiger partial charge < -0.3 is 15.3 Å². The number of nitrogens with zero attached hydrogens (tertiary/aromatic N) is 2. The van der Waals surface area contributed by atoms with E-state index in [1.54, 1.807) is 0 Å². The van der Waals surface area contributed by atoms with Gasteiger partial charge >= 0.3 is 0 Å². The van der Waals surface area contributed by atoms with Gasteiger partial charge in [-0.3, -0.25) is 4.99 Å². The van der Waals surface area contributed by atoms with Crippen LogP contribution in [0.5, 0.6) is 5.88 Å². The molecular formula is C16H21N3O2. The second-order valence-electron chi connectivity index (χ2n) is 6.43. The lowest BCUT2D eigenvalue weighted by Crippen LogP contribution is -2.27. The highest BCUT2D eigenvalue weighted by atomic mass is 16.4. The van der Waals surface area contributed by atoms with Crippen LogP contribution in [0.3, 0.4) is 0 Å². The average Bonchev–Trinajstić information content (AvgIpc) is 3.02. The number of aliphatic imine (C=N–C) groups is 1. The summed E-state index contributed by atoms with van der Waals surface area (Å²) in [5, 5.41) is 23.4.